The lowest BCUT2D eigenvalue weighted by atomic mass is 9.94. The van der Waals surface area contributed by atoms with Gasteiger partial charge in [0, 0.05) is 12.6 Å². The highest BCUT2D eigenvalue weighted by Gasteiger charge is 2.23. The van der Waals surface area contributed by atoms with Gasteiger partial charge in [0.25, 0.3) is 0 Å². The average molecular weight is 419 g/mol. The minimum absolute atomic E-state index is 0.253. The van der Waals surface area contributed by atoms with Crippen LogP contribution in [0.15, 0.2) is 12.1 Å². The van der Waals surface area contributed by atoms with Crippen molar-refractivity contribution in [1.29, 1.82) is 0 Å². The molecule has 0 spiro atoms. The van der Waals surface area contributed by atoms with Gasteiger partial charge in [-0.1, -0.05) is 46.0 Å². The Labute approximate surface area is 181 Å². The second-order valence-corrected chi connectivity index (χ2v) is 8.28. The Balaban J connectivity index is 2.25. The highest BCUT2D eigenvalue weighted by molar-refractivity contribution is 6.00. The molecule has 0 atom stereocenters. The summed E-state index contributed by atoms with van der Waals surface area (Å²) in [6, 6.07) is 3.78. The standard InChI is InChI=1S/C24H38N2O4/c1-4-6-13-29-23(27)18-15-19(17-26(3)20-11-9-8-10-12-20)22(25)21(16-18)24(28)30-14-7-5-2/h15-16,20H,4-14,17,25H2,1-3H3. The number of esters is 2. The predicted octanol–water partition coefficient (Wildman–Crippen LogP) is 4.95. The Hall–Kier alpha value is -2.08. The molecule has 168 valence electrons. The number of nitrogens with zero attached hydrogens (tertiary/aromatic N) is 1. The molecule has 0 bridgehead atoms. The molecule has 0 radical (unpaired) electrons. The van der Waals surface area contributed by atoms with Crippen molar-refractivity contribution in [1.82, 2.24) is 4.90 Å². The van der Waals surface area contributed by atoms with Gasteiger partial charge in [-0.05, 0) is 50.4 Å². The van der Waals surface area contributed by atoms with E-state index in [1.807, 2.05) is 13.8 Å². The maximum absolute atomic E-state index is 12.6. The number of ether oxygens (including phenoxy) is 2. The molecule has 0 amide bonds. The smallest absolute Gasteiger partial charge is 0.340 e. The Morgan fingerprint density at radius 1 is 1.00 bits per heavy atom. The fraction of sp³-hybridized carbons (Fsp3) is 0.667. The van der Waals surface area contributed by atoms with Crippen molar-refractivity contribution in [3.63, 3.8) is 0 Å². The molecule has 2 N–H and O–H groups in total. The summed E-state index contributed by atoms with van der Waals surface area (Å²) in [6.45, 7) is 5.38. The van der Waals surface area contributed by atoms with Gasteiger partial charge < -0.3 is 15.2 Å². The molecular formula is C24H38N2O4. The Kier molecular flexibility index (Phi) is 10.1. The monoisotopic (exact) mass is 418 g/mol. The number of hydrogen-bond donors (Lipinski definition) is 1. The van der Waals surface area contributed by atoms with Gasteiger partial charge >= 0.3 is 11.9 Å². The van der Waals surface area contributed by atoms with Gasteiger partial charge in [0.05, 0.1) is 30.0 Å². The van der Waals surface area contributed by atoms with Gasteiger partial charge in [0.15, 0.2) is 0 Å². The van der Waals surface area contributed by atoms with Crippen LogP contribution < -0.4 is 5.73 Å². The third-order valence-corrected chi connectivity index (χ3v) is 5.80. The van der Waals surface area contributed by atoms with Crippen LogP contribution in [0.1, 0.15) is 97.9 Å². The molecule has 1 aliphatic carbocycles. The molecule has 1 aliphatic rings. The quantitative estimate of drug-likeness (QED) is 0.311. The van der Waals surface area contributed by atoms with Gasteiger partial charge in [-0.3, -0.25) is 4.90 Å². The number of carbonyl (C=O) groups is 2. The number of unbranched alkanes of at least 4 members (excludes halogenated alkanes) is 2. The number of nitrogen functional groups attached to an aromatic ring is 1. The van der Waals surface area contributed by atoms with Crippen LogP contribution in [0.4, 0.5) is 5.69 Å². The van der Waals surface area contributed by atoms with Gasteiger partial charge in [0.2, 0.25) is 0 Å². The number of hydrogen-bond acceptors (Lipinski definition) is 6. The van der Waals surface area contributed by atoms with Crippen molar-refractivity contribution in [3.8, 4) is 0 Å². The zero-order valence-corrected chi connectivity index (χ0v) is 18.9. The molecule has 1 fully saturated rings. The lowest BCUT2D eigenvalue weighted by Crippen LogP contribution is -2.33. The first-order chi connectivity index (χ1) is 14.5. The van der Waals surface area contributed by atoms with Crippen molar-refractivity contribution < 1.29 is 19.1 Å². The van der Waals surface area contributed by atoms with Crippen LogP contribution in [0.25, 0.3) is 0 Å². The summed E-state index contributed by atoms with van der Waals surface area (Å²) in [6.07, 6.45) is 9.59. The zero-order valence-electron chi connectivity index (χ0n) is 18.9. The molecule has 0 unspecified atom stereocenters. The van der Waals surface area contributed by atoms with E-state index in [0.29, 0.717) is 37.1 Å². The van der Waals surface area contributed by atoms with Crippen LogP contribution >= 0.6 is 0 Å². The van der Waals surface area contributed by atoms with Gasteiger partial charge in [-0.15, -0.1) is 0 Å². The summed E-state index contributed by atoms with van der Waals surface area (Å²) >= 11 is 0. The van der Waals surface area contributed by atoms with E-state index in [0.717, 1.165) is 31.2 Å². The van der Waals surface area contributed by atoms with E-state index in [1.165, 1.54) is 38.2 Å². The van der Waals surface area contributed by atoms with Crippen molar-refractivity contribution in [2.24, 2.45) is 0 Å². The van der Waals surface area contributed by atoms with Gasteiger partial charge in [0.1, 0.15) is 0 Å². The predicted molar refractivity (Wildman–Crippen MR) is 120 cm³/mol. The topological polar surface area (TPSA) is 81.9 Å². The first-order valence-electron chi connectivity index (χ1n) is 11.4. The minimum Gasteiger partial charge on any atom is -0.462 e. The largest absolute Gasteiger partial charge is 0.462 e. The second-order valence-electron chi connectivity index (χ2n) is 8.28. The maximum atomic E-state index is 12.6. The third-order valence-electron chi connectivity index (χ3n) is 5.80. The number of carbonyl (C=O) groups excluding carboxylic acids is 2. The summed E-state index contributed by atoms with van der Waals surface area (Å²) in [5, 5.41) is 0. The fourth-order valence-electron chi connectivity index (χ4n) is 3.83. The first kappa shape index (κ1) is 24.2. The Morgan fingerprint density at radius 2 is 1.60 bits per heavy atom. The average Bonchev–Trinajstić information content (AvgIpc) is 2.75. The summed E-state index contributed by atoms with van der Waals surface area (Å²) < 4.78 is 10.7. The van der Waals surface area contributed by atoms with E-state index in [1.54, 1.807) is 6.07 Å². The van der Waals surface area contributed by atoms with E-state index in [2.05, 4.69) is 11.9 Å². The van der Waals surface area contributed by atoms with Crippen LogP contribution in [0.5, 0.6) is 0 Å². The van der Waals surface area contributed by atoms with Gasteiger partial charge in [-0.25, -0.2) is 9.59 Å². The Bertz CT molecular complexity index is 699. The van der Waals surface area contributed by atoms with Crippen molar-refractivity contribution in [2.75, 3.05) is 26.0 Å². The third kappa shape index (κ3) is 7.01. The zero-order chi connectivity index (χ0) is 21.9. The van der Waals surface area contributed by atoms with Crippen molar-refractivity contribution >= 4 is 17.6 Å². The van der Waals surface area contributed by atoms with Crippen LogP contribution in [-0.2, 0) is 16.0 Å². The highest BCUT2D eigenvalue weighted by atomic mass is 16.5. The number of benzene rings is 1. The number of anilines is 1. The molecular weight excluding hydrogens is 380 g/mol. The summed E-state index contributed by atoms with van der Waals surface area (Å²) in [5.74, 6) is -0.904. The maximum Gasteiger partial charge on any atom is 0.340 e. The van der Waals surface area contributed by atoms with Crippen LogP contribution in [0.2, 0.25) is 0 Å². The molecule has 0 aromatic heterocycles. The normalized spacial score (nSPS) is 14.7. The van der Waals surface area contributed by atoms with Crippen LogP contribution in [0, 0.1) is 0 Å². The summed E-state index contributed by atoms with van der Waals surface area (Å²) in [5.41, 5.74) is 8.15. The molecule has 1 aromatic carbocycles. The lowest BCUT2D eigenvalue weighted by Gasteiger charge is -2.31. The van der Waals surface area contributed by atoms with Gasteiger partial charge in [-0.2, -0.15) is 0 Å². The van der Waals surface area contributed by atoms with E-state index in [-0.39, 0.29) is 5.56 Å². The summed E-state index contributed by atoms with van der Waals surface area (Å²) in [4.78, 5) is 27.5. The molecule has 30 heavy (non-hydrogen) atoms. The molecule has 6 heteroatoms. The van der Waals surface area contributed by atoms with E-state index < -0.39 is 11.9 Å². The minimum atomic E-state index is -0.481. The molecule has 0 saturated heterocycles. The Morgan fingerprint density at radius 3 is 2.20 bits per heavy atom. The van der Waals surface area contributed by atoms with E-state index in [4.69, 9.17) is 15.2 Å². The number of rotatable bonds is 11. The molecule has 1 saturated carbocycles. The molecule has 1 aromatic rings. The van der Waals surface area contributed by atoms with E-state index in [9.17, 15) is 9.59 Å². The first-order valence-corrected chi connectivity index (χ1v) is 11.4. The molecule has 0 heterocycles. The molecule has 2 rings (SSSR count). The van der Waals surface area contributed by atoms with Crippen molar-refractivity contribution in [3.05, 3.63) is 28.8 Å². The second kappa shape index (κ2) is 12.6. The fourth-order valence-corrected chi connectivity index (χ4v) is 3.83. The SMILES string of the molecule is CCCCOC(=O)c1cc(CN(C)C2CCCCC2)c(N)c(C(=O)OCCCC)c1. The highest BCUT2D eigenvalue weighted by Crippen LogP contribution is 2.27. The summed E-state index contributed by atoms with van der Waals surface area (Å²) in [7, 11) is 2.08. The molecule has 6 nitrogen and oxygen atoms in total. The molecule has 0 aliphatic heterocycles. The van der Waals surface area contributed by atoms with Crippen LogP contribution in [-0.4, -0.2) is 43.1 Å². The lowest BCUT2D eigenvalue weighted by molar-refractivity contribution is 0.0498. The number of nitrogens with two attached hydrogens (primary N) is 1. The van der Waals surface area contributed by atoms with Crippen molar-refractivity contribution in [2.45, 2.75) is 84.2 Å². The van der Waals surface area contributed by atoms with E-state index >= 15 is 0 Å². The van der Waals surface area contributed by atoms with Crippen LogP contribution in [0.3, 0.4) is 0 Å².